The van der Waals surface area contributed by atoms with E-state index in [1.807, 2.05) is 43.4 Å². The van der Waals surface area contributed by atoms with E-state index in [2.05, 4.69) is 23.5 Å². The second-order valence-electron chi connectivity index (χ2n) is 4.80. The summed E-state index contributed by atoms with van der Waals surface area (Å²) in [5, 5.41) is 3.18. The molecule has 0 amide bonds. The lowest BCUT2D eigenvalue weighted by atomic mass is 9.98. The van der Waals surface area contributed by atoms with Gasteiger partial charge in [0.05, 0.1) is 0 Å². The van der Waals surface area contributed by atoms with Crippen LogP contribution in [0.4, 0.5) is 0 Å². The molecule has 1 atom stereocenters. The highest BCUT2D eigenvalue weighted by molar-refractivity contribution is 5.37. The molecule has 0 heterocycles. The topological polar surface area (TPSA) is 47.3 Å². The standard InChI is InChI=1S/C17H22N2O/c1-19-12-15(11-18)16-9-5-6-10-17(16)20-13-14-7-3-2-4-8-14/h2-10,15,19H,11-13,18H2,1H3. The van der Waals surface area contributed by atoms with Crippen LogP contribution in [0.2, 0.25) is 0 Å². The van der Waals surface area contributed by atoms with Crippen LogP contribution in [0.25, 0.3) is 0 Å². The van der Waals surface area contributed by atoms with Crippen molar-refractivity contribution in [2.45, 2.75) is 12.5 Å². The van der Waals surface area contributed by atoms with Crippen molar-refractivity contribution >= 4 is 0 Å². The number of benzene rings is 2. The summed E-state index contributed by atoms with van der Waals surface area (Å²) in [6.07, 6.45) is 0. The Balaban J connectivity index is 2.11. The van der Waals surface area contributed by atoms with Crippen molar-refractivity contribution in [3.05, 3.63) is 65.7 Å². The molecule has 3 N–H and O–H groups in total. The molecule has 106 valence electrons. The minimum absolute atomic E-state index is 0.270. The molecular formula is C17H22N2O. The highest BCUT2D eigenvalue weighted by Gasteiger charge is 2.13. The molecule has 2 aromatic rings. The van der Waals surface area contributed by atoms with E-state index in [0.29, 0.717) is 13.2 Å². The van der Waals surface area contributed by atoms with Gasteiger partial charge in [-0.25, -0.2) is 0 Å². The highest BCUT2D eigenvalue weighted by atomic mass is 16.5. The normalized spacial score (nSPS) is 12.1. The number of para-hydroxylation sites is 1. The molecule has 0 saturated carbocycles. The number of ether oxygens (including phenoxy) is 1. The fourth-order valence-corrected chi connectivity index (χ4v) is 2.25. The van der Waals surface area contributed by atoms with Gasteiger partial charge in [-0.15, -0.1) is 0 Å². The summed E-state index contributed by atoms with van der Waals surface area (Å²) in [6, 6.07) is 18.3. The van der Waals surface area contributed by atoms with Crippen LogP contribution in [0, 0.1) is 0 Å². The van der Waals surface area contributed by atoms with E-state index in [0.717, 1.165) is 12.3 Å². The van der Waals surface area contributed by atoms with Gasteiger partial charge in [0.1, 0.15) is 12.4 Å². The molecule has 3 heteroatoms. The summed E-state index contributed by atoms with van der Waals surface area (Å²) in [4.78, 5) is 0. The molecule has 0 aliphatic carbocycles. The average Bonchev–Trinajstić information content (AvgIpc) is 2.52. The van der Waals surface area contributed by atoms with Crippen LogP contribution >= 0.6 is 0 Å². The summed E-state index contributed by atoms with van der Waals surface area (Å²) in [5.74, 6) is 1.19. The minimum Gasteiger partial charge on any atom is -0.489 e. The van der Waals surface area contributed by atoms with Crippen molar-refractivity contribution in [3.63, 3.8) is 0 Å². The third-order valence-corrected chi connectivity index (χ3v) is 3.33. The Labute approximate surface area is 120 Å². The molecule has 2 aromatic carbocycles. The van der Waals surface area contributed by atoms with Gasteiger partial charge in [0.25, 0.3) is 0 Å². The predicted octanol–water partition coefficient (Wildman–Crippen LogP) is 2.53. The van der Waals surface area contributed by atoms with E-state index in [1.54, 1.807) is 0 Å². The maximum absolute atomic E-state index is 5.97. The Kier molecular flexibility index (Phi) is 5.59. The molecule has 1 unspecified atom stereocenters. The Morgan fingerprint density at radius 1 is 1.05 bits per heavy atom. The SMILES string of the molecule is CNCC(CN)c1ccccc1OCc1ccccc1. The Morgan fingerprint density at radius 3 is 2.45 bits per heavy atom. The monoisotopic (exact) mass is 270 g/mol. The first-order valence-corrected chi connectivity index (χ1v) is 6.95. The van der Waals surface area contributed by atoms with Gasteiger partial charge in [-0.05, 0) is 24.2 Å². The number of likely N-dealkylation sites (N-methyl/N-ethyl adjacent to an activating group) is 1. The summed E-state index contributed by atoms with van der Waals surface area (Å²) in [7, 11) is 1.94. The van der Waals surface area contributed by atoms with Gasteiger partial charge in [0, 0.05) is 19.0 Å². The molecule has 3 nitrogen and oxygen atoms in total. The first-order valence-electron chi connectivity index (χ1n) is 6.95. The van der Waals surface area contributed by atoms with E-state index >= 15 is 0 Å². The lowest BCUT2D eigenvalue weighted by molar-refractivity contribution is 0.300. The number of hydrogen-bond donors (Lipinski definition) is 2. The number of hydrogen-bond acceptors (Lipinski definition) is 3. The maximum Gasteiger partial charge on any atom is 0.123 e. The van der Waals surface area contributed by atoms with E-state index < -0.39 is 0 Å². The molecule has 0 aromatic heterocycles. The first kappa shape index (κ1) is 14.6. The molecule has 20 heavy (non-hydrogen) atoms. The van der Waals surface area contributed by atoms with Crippen LogP contribution in [0.5, 0.6) is 5.75 Å². The molecule has 0 saturated heterocycles. The van der Waals surface area contributed by atoms with Gasteiger partial charge < -0.3 is 15.8 Å². The second kappa shape index (κ2) is 7.68. The largest absolute Gasteiger partial charge is 0.489 e. The fraction of sp³-hybridized carbons (Fsp3) is 0.294. The van der Waals surface area contributed by atoms with Crippen molar-refractivity contribution < 1.29 is 4.74 Å². The molecule has 0 aliphatic rings. The zero-order chi connectivity index (χ0) is 14.2. The maximum atomic E-state index is 5.97. The summed E-state index contributed by atoms with van der Waals surface area (Å²) in [5.41, 5.74) is 8.21. The van der Waals surface area contributed by atoms with Crippen LogP contribution in [-0.4, -0.2) is 20.1 Å². The molecule has 0 aliphatic heterocycles. The van der Waals surface area contributed by atoms with Gasteiger partial charge in [0.2, 0.25) is 0 Å². The second-order valence-corrected chi connectivity index (χ2v) is 4.80. The third-order valence-electron chi connectivity index (χ3n) is 3.33. The number of nitrogens with two attached hydrogens (primary N) is 1. The lowest BCUT2D eigenvalue weighted by Gasteiger charge is -2.19. The molecule has 0 radical (unpaired) electrons. The van der Waals surface area contributed by atoms with Crippen LogP contribution in [0.1, 0.15) is 17.0 Å². The van der Waals surface area contributed by atoms with Crippen LogP contribution in [0.3, 0.4) is 0 Å². The number of rotatable bonds is 7. The minimum atomic E-state index is 0.270. The lowest BCUT2D eigenvalue weighted by Crippen LogP contribution is -2.24. The van der Waals surface area contributed by atoms with Gasteiger partial charge in [-0.2, -0.15) is 0 Å². The van der Waals surface area contributed by atoms with Crippen LogP contribution in [-0.2, 0) is 6.61 Å². The molecule has 2 rings (SSSR count). The Hall–Kier alpha value is -1.84. The van der Waals surface area contributed by atoms with E-state index in [4.69, 9.17) is 10.5 Å². The first-order chi connectivity index (χ1) is 9.85. The van der Waals surface area contributed by atoms with E-state index in [9.17, 15) is 0 Å². The number of nitrogens with one attached hydrogen (secondary N) is 1. The van der Waals surface area contributed by atoms with Crippen LogP contribution < -0.4 is 15.8 Å². The summed E-state index contributed by atoms with van der Waals surface area (Å²) >= 11 is 0. The fourth-order valence-electron chi connectivity index (χ4n) is 2.25. The van der Waals surface area contributed by atoms with Crippen molar-refractivity contribution in [3.8, 4) is 5.75 Å². The summed E-state index contributed by atoms with van der Waals surface area (Å²) < 4.78 is 5.97. The van der Waals surface area contributed by atoms with Crippen LogP contribution in [0.15, 0.2) is 54.6 Å². The van der Waals surface area contributed by atoms with Gasteiger partial charge in [0.15, 0.2) is 0 Å². The quantitative estimate of drug-likeness (QED) is 0.812. The van der Waals surface area contributed by atoms with Gasteiger partial charge in [-0.1, -0.05) is 48.5 Å². The molecule has 0 bridgehead atoms. The highest BCUT2D eigenvalue weighted by Crippen LogP contribution is 2.26. The van der Waals surface area contributed by atoms with Crippen molar-refractivity contribution in [2.75, 3.05) is 20.1 Å². The Bertz CT molecular complexity index is 513. The Morgan fingerprint density at radius 2 is 1.75 bits per heavy atom. The summed E-state index contributed by atoms with van der Waals surface area (Å²) in [6.45, 7) is 2.03. The van der Waals surface area contributed by atoms with Crippen molar-refractivity contribution in [1.82, 2.24) is 5.32 Å². The smallest absolute Gasteiger partial charge is 0.123 e. The molecule has 0 fully saturated rings. The molecule has 0 spiro atoms. The van der Waals surface area contributed by atoms with Gasteiger partial charge in [-0.3, -0.25) is 0 Å². The molecular weight excluding hydrogens is 248 g/mol. The van der Waals surface area contributed by atoms with Crippen molar-refractivity contribution in [2.24, 2.45) is 5.73 Å². The predicted molar refractivity (Wildman–Crippen MR) is 82.9 cm³/mol. The van der Waals surface area contributed by atoms with E-state index in [1.165, 1.54) is 11.1 Å². The van der Waals surface area contributed by atoms with Crippen molar-refractivity contribution in [1.29, 1.82) is 0 Å². The van der Waals surface area contributed by atoms with E-state index in [-0.39, 0.29) is 5.92 Å². The van der Waals surface area contributed by atoms with Gasteiger partial charge >= 0.3 is 0 Å². The third kappa shape index (κ3) is 3.83. The zero-order valence-corrected chi connectivity index (χ0v) is 11.9. The average molecular weight is 270 g/mol. The zero-order valence-electron chi connectivity index (χ0n) is 11.9.